The second-order valence-electron chi connectivity index (χ2n) is 4.09. The van der Waals surface area contributed by atoms with Gasteiger partial charge in [0.2, 0.25) is 0 Å². The highest BCUT2D eigenvalue weighted by Crippen LogP contribution is 2.21. The van der Waals surface area contributed by atoms with Crippen LogP contribution >= 0.6 is 11.7 Å². The fourth-order valence-electron chi connectivity index (χ4n) is 1.76. The van der Waals surface area contributed by atoms with E-state index in [-0.39, 0.29) is 12.5 Å². The van der Waals surface area contributed by atoms with Crippen LogP contribution in [0, 0.1) is 0 Å². The summed E-state index contributed by atoms with van der Waals surface area (Å²) in [5.74, 6) is 0.436. The molecule has 0 unspecified atom stereocenters. The van der Waals surface area contributed by atoms with Gasteiger partial charge < -0.3 is 10.1 Å². The topological polar surface area (TPSA) is 64.1 Å². The number of benzene rings is 2. The summed E-state index contributed by atoms with van der Waals surface area (Å²) in [4.78, 5) is 11.9. The van der Waals surface area contributed by atoms with Gasteiger partial charge in [0.15, 0.2) is 6.61 Å². The zero-order valence-electron chi connectivity index (χ0n) is 10.4. The predicted molar refractivity (Wildman–Crippen MR) is 78.0 cm³/mol. The second kappa shape index (κ2) is 5.66. The molecule has 0 aliphatic carbocycles. The standard InChI is InChI=1S/C14H11N3O2S/c18-13(9-19-10-5-2-1-3-6-10)15-11-7-4-8-12-14(11)17-20-16-12/h1-8H,9H2,(H,15,18). The van der Waals surface area contributed by atoms with E-state index in [1.807, 2.05) is 30.3 Å². The maximum absolute atomic E-state index is 11.9. The molecule has 0 saturated heterocycles. The molecule has 0 saturated carbocycles. The Hall–Kier alpha value is -2.47. The average Bonchev–Trinajstić information content (AvgIpc) is 2.96. The molecule has 5 nitrogen and oxygen atoms in total. The second-order valence-corrected chi connectivity index (χ2v) is 4.62. The highest BCUT2D eigenvalue weighted by molar-refractivity contribution is 7.00. The van der Waals surface area contributed by atoms with Gasteiger partial charge in [-0.2, -0.15) is 8.75 Å². The number of carbonyl (C=O) groups excluding carboxylic acids is 1. The number of carbonyl (C=O) groups is 1. The summed E-state index contributed by atoms with van der Waals surface area (Å²) in [6, 6.07) is 14.7. The Morgan fingerprint density at radius 3 is 2.80 bits per heavy atom. The summed E-state index contributed by atoms with van der Waals surface area (Å²) in [6.45, 7) is -0.0437. The maximum Gasteiger partial charge on any atom is 0.262 e. The molecule has 1 aromatic heterocycles. The Labute approximate surface area is 119 Å². The molecule has 6 heteroatoms. The van der Waals surface area contributed by atoms with Crippen LogP contribution in [-0.2, 0) is 4.79 Å². The molecule has 0 aliphatic heterocycles. The molecule has 3 rings (SSSR count). The molecule has 2 aromatic carbocycles. The van der Waals surface area contributed by atoms with E-state index < -0.39 is 0 Å². The van der Waals surface area contributed by atoms with Gasteiger partial charge in [-0.05, 0) is 24.3 Å². The van der Waals surface area contributed by atoms with Crippen molar-refractivity contribution in [1.29, 1.82) is 0 Å². The first-order valence-corrected chi connectivity index (χ1v) is 6.75. The first-order chi connectivity index (χ1) is 9.83. The molecular weight excluding hydrogens is 274 g/mol. The number of fused-ring (bicyclic) bond motifs is 1. The van der Waals surface area contributed by atoms with E-state index in [1.165, 1.54) is 0 Å². The zero-order valence-corrected chi connectivity index (χ0v) is 11.3. The zero-order chi connectivity index (χ0) is 13.8. The number of nitrogens with zero attached hydrogens (tertiary/aromatic N) is 2. The van der Waals surface area contributed by atoms with Gasteiger partial charge in [-0.15, -0.1) is 0 Å². The van der Waals surface area contributed by atoms with Gasteiger partial charge in [-0.1, -0.05) is 24.3 Å². The van der Waals surface area contributed by atoms with Crippen LogP contribution in [0.25, 0.3) is 11.0 Å². The fourth-order valence-corrected chi connectivity index (χ4v) is 2.31. The smallest absolute Gasteiger partial charge is 0.262 e. The van der Waals surface area contributed by atoms with E-state index in [0.29, 0.717) is 17.0 Å². The highest BCUT2D eigenvalue weighted by atomic mass is 32.1. The lowest BCUT2D eigenvalue weighted by Gasteiger charge is -2.07. The summed E-state index contributed by atoms with van der Waals surface area (Å²) in [6.07, 6.45) is 0. The first-order valence-electron chi connectivity index (χ1n) is 6.02. The number of para-hydroxylation sites is 1. The number of amides is 1. The Bertz CT molecular complexity index is 727. The number of hydrogen-bond donors (Lipinski definition) is 1. The predicted octanol–water partition coefficient (Wildman–Crippen LogP) is 2.71. The summed E-state index contributed by atoms with van der Waals surface area (Å²) >= 11 is 1.12. The molecule has 0 bridgehead atoms. The maximum atomic E-state index is 11.9. The van der Waals surface area contributed by atoms with Crippen molar-refractivity contribution in [2.24, 2.45) is 0 Å². The van der Waals surface area contributed by atoms with Crippen molar-refractivity contribution in [3.05, 3.63) is 48.5 Å². The van der Waals surface area contributed by atoms with Crippen molar-refractivity contribution in [3.8, 4) is 5.75 Å². The van der Waals surface area contributed by atoms with E-state index in [4.69, 9.17) is 4.74 Å². The summed E-state index contributed by atoms with van der Waals surface area (Å²) < 4.78 is 13.7. The third kappa shape index (κ3) is 2.75. The number of nitrogens with one attached hydrogen (secondary N) is 1. The molecule has 0 atom stereocenters. The fraction of sp³-hybridized carbons (Fsp3) is 0.0714. The summed E-state index contributed by atoms with van der Waals surface area (Å²) in [5, 5.41) is 2.78. The van der Waals surface area contributed by atoms with Crippen molar-refractivity contribution in [2.45, 2.75) is 0 Å². The van der Waals surface area contributed by atoms with E-state index in [0.717, 1.165) is 17.2 Å². The van der Waals surface area contributed by atoms with Gasteiger partial charge in [0, 0.05) is 0 Å². The molecule has 3 aromatic rings. The monoisotopic (exact) mass is 285 g/mol. The van der Waals surface area contributed by atoms with Gasteiger partial charge in [0.1, 0.15) is 16.8 Å². The molecule has 0 radical (unpaired) electrons. The van der Waals surface area contributed by atoms with E-state index in [9.17, 15) is 4.79 Å². The Morgan fingerprint density at radius 2 is 1.95 bits per heavy atom. The first kappa shape index (κ1) is 12.6. The minimum Gasteiger partial charge on any atom is -0.484 e. The molecular formula is C14H11N3O2S. The van der Waals surface area contributed by atoms with Crippen LogP contribution in [0.3, 0.4) is 0 Å². The highest BCUT2D eigenvalue weighted by Gasteiger charge is 2.08. The van der Waals surface area contributed by atoms with E-state index in [2.05, 4.69) is 14.1 Å². The summed E-state index contributed by atoms with van der Waals surface area (Å²) in [7, 11) is 0. The van der Waals surface area contributed by atoms with Gasteiger partial charge >= 0.3 is 0 Å². The Kier molecular flexibility index (Phi) is 3.56. The molecule has 1 heterocycles. The van der Waals surface area contributed by atoms with Crippen LogP contribution in [0.5, 0.6) is 5.75 Å². The Morgan fingerprint density at radius 1 is 1.10 bits per heavy atom. The summed E-state index contributed by atoms with van der Waals surface area (Å²) in [5.41, 5.74) is 2.13. The van der Waals surface area contributed by atoms with E-state index in [1.54, 1.807) is 18.2 Å². The largest absolute Gasteiger partial charge is 0.484 e. The van der Waals surface area contributed by atoms with Gasteiger partial charge in [0.05, 0.1) is 17.4 Å². The van der Waals surface area contributed by atoms with Crippen LogP contribution in [-0.4, -0.2) is 21.3 Å². The third-order valence-electron chi connectivity index (χ3n) is 2.67. The molecule has 0 fully saturated rings. The number of aromatic nitrogens is 2. The lowest BCUT2D eigenvalue weighted by molar-refractivity contribution is -0.118. The van der Waals surface area contributed by atoms with Crippen LogP contribution in [0.15, 0.2) is 48.5 Å². The normalized spacial score (nSPS) is 10.4. The number of rotatable bonds is 4. The molecule has 0 aliphatic rings. The van der Waals surface area contributed by atoms with E-state index >= 15 is 0 Å². The van der Waals surface area contributed by atoms with Crippen LogP contribution in [0.4, 0.5) is 5.69 Å². The SMILES string of the molecule is O=C(COc1ccccc1)Nc1cccc2nsnc12. The average molecular weight is 285 g/mol. The number of anilines is 1. The van der Waals surface area contributed by atoms with Gasteiger partial charge in [-0.3, -0.25) is 4.79 Å². The number of hydrogen-bond acceptors (Lipinski definition) is 5. The molecule has 1 amide bonds. The van der Waals surface area contributed by atoms with Crippen molar-refractivity contribution < 1.29 is 9.53 Å². The quantitative estimate of drug-likeness (QED) is 0.800. The van der Waals surface area contributed by atoms with Crippen molar-refractivity contribution in [2.75, 3.05) is 11.9 Å². The van der Waals surface area contributed by atoms with Crippen molar-refractivity contribution in [1.82, 2.24) is 8.75 Å². The minimum absolute atomic E-state index is 0.0437. The minimum atomic E-state index is -0.227. The van der Waals surface area contributed by atoms with Crippen molar-refractivity contribution in [3.63, 3.8) is 0 Å². The van der Waals surface area contributed by atoms with Crippen LogP contribution in [0.2, 0.25) is 0 Å². The molecule has 0 spiro atoms. The lowest BCUT2D eigenvalue weighted by atomic mass is 10.2. The van der Waals surface area contributed by atoms with Crippen LogP contribution < -0.4 is 10.1 Å². The Balaban J connectivity index is 1.66. The lowest BCUT2D eigenvalue weighted by Crippen LogP contribution is -2.20. The third-order valence-corrected chi connectivity index (χ3v) is 3.22. The van der Waals surface area contributed by atoms with Crippen molar-refractivity contribution >= 4 is 34.4 Å². The number of ether oxygens (including phenoxy) is 1. The molecule has 100 valence electrons. The van der Waals surface area contributed by atoms with Gasteiger partial charge in [0.25, 0.3) is 5.91 Å². The molecule has 1 N–H and O–H groups in total. The molecule has 20 heavy (non-hydrogen) atoms. The van der Waals surface area contributed by atoms with Crippen LogP contribution in [0.1, 0.15) is 0 Å². The van der Waals surface area contributed by atoms with Gasteiger partial charge in [-0.25, -0.2) is 0 Å².